The predicted molar refractivity (Wildman–Crippen MR) is 91.2 cm³/mol. The highest BCUT2D eigenvalue weighted by Crippen LogP contribution is 2.14. The minimum absolute atomic E-state index is 0.0524. The number of benzene rings is 1. The van der Waals surface area contributed by atoms with Gasteiger partial charge in [0.15, 0.2) is 0 Å². The maximum absolute atomic E-state index is 12.6. The maximum Gasteiger partial charge on any atom is 0.320 e. The molecular weight excluding hydrogens is 306 g/mol. The van der Waals surface area contributed by atoms with Gasteiger partial charge < -0.3 is 19.4 Å². The minimum Gasteiger partial charge on any atom is -0.378 e. The number of amides is 3. The Morgan fingerprint density at radius 3 is 2.04 bits per heavy atom. The van der Waals surface area contributed by atoms with Crippen molar-refractivity contribution in [3.05, 3.63) is 34.9 Å². The van der Waals surface area contributed by atoms with Gasteiger partial charge in [-0.25, -0.2) is 4.79 Å². The first-order valence-electron chi connectivity index (χ1n) is 8.54. The lowest BCUT2D eigenvalue weighted by atomic mass is 10.1. The number of morpholine rings is 1. The van der Waals surface area contributed by atoms with Gasteiger partial charge in [-0.2, -0.15) is 0 Å². The third kappa shape index (κ3) is 3.53. The lowest BCUT2D eigenvalue weighted by molar-refractivity contribution is 0.0362. The lowest BCUT2D eigenvalue weighted by Gasteiger charge is -2.38. The molecule has 0 saturated carbocycles. The summed E-state index contributed by atoms with van der Waals surface area (Å²) in [5.41, 5.74) is 3.04. The second-order valence-corrected chi connectivity index (χ2v) is 6.46. The first-order chi connectivity index (χ1) is 11.6. The van der Waals surface area contributed by atoms with Gasteiger partial charge in [0.25, 0.3) is 5.91 Å². The van der Waals surface area contributed by atoms with E-state index in [1.54, 1.807) is 0 Å². The summed E-state index contributed by atoms with van der Waals surface area (Å²) in [5.74, 6) is 0.0524. The summed E-state index contributed by atoms with van der Waals surface area (Å²) >= 11 is 0. The highest BCUT2D eigenvalue weighted by atomic mass is 16.5. The molecule has 0 unspecified atom stereocenters. The fraction of sp³-hybridized carbons (Fsp3) is 0.556. The number of hydrogen-bond acceptors (Lipinski definition) is 3. The molecule has 2 aliphatic rings. The molecule has 0 aliphatic carbocycles. The molecule has 0 spiro atoms. The zero-order valence-corrected chi connectivity index (χ0v) is 14.5. The van der Waals surface area contributed by atoms with Gasteiger partial charge in [0.2, 0.25) is 0 Å². The van der Waals surface area contributed by atoms with Crippen molar-refractivity contribution in [1.82, 2.24) is 14.7 Å². The van der Waals surface area contributed by atoms with Crippen LogP contribution in [0.3, 0.4) is 0 Å². The first-order valence-corrected chi connectivity index (χ1v) is 8.54. The van der Waals surface area contributed by atoms with Crippen molar-refractivity contribution in [1.29, 1.82) is 0 Å². The van der Waals surface area contributed by atoms with Crippen LogP contribution in [0.1, 0.15) is 21.5 Å². The lowest BCUT2D eigenvalue weighted by Crippen LogP contribution is -2.55. The summed E-state index contributed by atoms with van der Waals surface area (Å²) in [6.07, 6.45) is 0. The van der Waals surface area contributed by atoms with Gasteiger partial charge in [-0.05, 0) is 37.1 Å². The molecule has 2 heterocycles. The van der Waals surface area contributed by atoms with Crippen molar-refractivity contribution in [3.8, 4) is 0 Å². The van der Waals surface area contributed by atoms with Crippen LogP contribution in [-0.2, 0) is 4.74 Å². The fourth-order valence-corrected chi connectivity index (χ4v) is 3.11. The van der Waals surface area contributed by atoms with E-state index in [2.05, 4.69) is 0 Å². The Morgan fingerprint density at radius 2 is 1.42 bits per heavy atom. The SMILES string of the molecule is Cc1ccc(C(=O)N2CCN(C(=O)N3CCOCC3)CC2)cc1C. The van der Waals surface area contributed by atoms with Crippen molar-refractivity contribution in [2.45, 2.75) is 13.8 Å². The van der Waals surface area contributed by atoms with Crippen LogP contribution in [0.2, 0.25) is 0 Å². The van der Waals surface area contributed by atoms with Gasteiger partial charge in [-0.3, -0.25) is 4.79 Å². The monoisotopic (exact) mass is 331 g/mol. The average Bonchev–Trinajstić information content (AvgIpc) is 2.63. The van der Waals surface area contributed by atoms with E-state index in [9.17, 15) is 9.59 Å². The van der Waals surface area contributed by atoms with Gasteiger partial charge in [0, 0.05) is 44.8 Å². The molecule has 6 heteroatoms. The van der Waals surface area contributed by atoms with E-state index < -0.39 is 0 Å². The molecule has 0 N–H and O–H groups in total. The van der Waals surface area contributed by atoms with E-state index in [0.29, 0.717) is 52.5 Å². The van der Waals surface area contributed by atoms with Crippen molar-refractivity contribution < 1.29 is 14.3 Å². The number of carbonyl (C=O) groups excluding carboxylic acids is 2. The standard InChI is InChI=1S/C18H25N3O3/c1-14-3-4-16(13-15(14)2)17(22)19-5-7-20(8-6-19)18(23)21-9-11-24-12-10-21/h3-4,13H,5-12H2,1-2H3. The second kappa shape index (κ2) is 7.21. The van der Waals surface area contributed by atoms with E-state index in [-0.39, 0.29) is 11.9 Å². The Hall–Kier alpha value is -2.08. The van der Waals surface area contributed by atoms with Gasteiger partial charge >= 0.3 is 6.03 Å². The second-order valence-electron chi connectivity index (χ2n) is 6.46. The molecule has 0 atom stereocenters. The molecule has 2 aliphatic heterocycles. The zero-order chi connectivity index (χ0) is 17.1. The van der Waals surface area contributed by atoms with Gasteiger partial charge in [0.05, 0.1) is 13.2 Å². The number of aryl methyl sites for hydroxylation is 2. The number of hydrogen-bond donors (Lipinski definition) is 0. The van der Waals surface area contributed by atoms with Gasteiger partial charge in [0.1, 0.15) is 0 Å². The van der Waals surface area contributed by atoms with Crippen molar-refractivity contribution in [2.75, 3.05) is 52.5 Å². The molecule has 1 aromatic rings. The summed E-state index contributed by atoms with van der Waals surface area (Å²) in [6, 6.07) is 5.89. The smallest absolute Gasteiger partial charge is 0.320 e. The Labute approximate surface area is 143 Å². The molecule has 3 amide bonds. The molecule has 0 bridgehead atoms. The Balaban J connectivity index is 1.57. The van der Waals surface area contributed by atoms with Crippen LogP contribution in [0.25, 0.3) is 0 Å². The first kappa shape index (κ1) is 16.8. The number of nitrogens with zero attached hydrogens (tertiary/aromatic N) is 3. The summed E-state index contributed by atoms with van der Waals surface area (Å²) in [6.45, 7) is 8.93. The molecular formula is C18H25N3O3. The molecule has 24 heavy (non-hydrogen) atoms. The van der Waals surface area contributed by atoms with Crippen LogP contribution in [0, 0.1) is 13.8 Å². The average molecular weight is 331 g/mol. The topological polar surface area (TPSA) is 53.1 Å². The molecule has 3 rings (SSSR count). The van der Waals surface area contributed by atoms with E-state index >= 15 is 0 Å². The number of carbonyl (C=O) groups is 2. The Kier molecular flexibility index (Phi) is 5.04. The van der Waals surface area contributed by atoms with Crippen LogP contribution < -0.4 is 0 Å². The fourth-order valence-electron chi connectivity index (χ4n) is 3.11. The minimum atomic E-state index is 0.0524. The molecule has 130 valence electrons. The van der Waals surface area contributed by atoms with Crippen LogP contribution in [0.4, 0.5) is 4.79 Å². The van der Waals surface area contributed by atoms with Crippen LogP contribution in [0.15, 0.2) is 18.2 Å². The quantitative estimate of drug-likeness (QED) is 0.784. The number of piperazine rings is 1. The van der Waals surface area contributed by atoms with E-state index in [4.69, 9.17) is 4.74 Å². The largest absolute Gasteiger partial charge is 0.378 e. The molecule has 1 aromatic carbocycles. The summed E-state index contributed by atoms with van der Waals surface area (Å²) in [4.78, 5) is 30.6. The van der Waals surface area contributed by atoms with Crippen LogP contribution in [-0.4, -0.2) is 79.1 Å². The molecule has 2 fully saturated rings. The third-order valence-corrected chi connectivity index (χ3v) is 4.87. The van der Waals surface area contributed by atoms with Crippen molar-refractivity contribution in [3.63, 3.8) is 0 Å². The molecule has 6 nitrogen and oxygen atoms in total. The number of rotatable bonds is 1. The summed E-state index contributed by atoms with van der Waals surface area (Å²) in [7, 11) is 0. The normalized spacial score (nSPS) is 18.7. The van der Waals surface area contributed by atoms with Crippen LogP contribution >= 0.6 is 0 Å². The summed E-state index contributed by atoms with van der Waals surface area (Å²) < 4.78 is 5.29. The Bertz CT molecular complexity index is 618. The Morgan fingerprint density at radius 1 is 0.833 bits per heavy atom. The number of urea groups is 1. The highest BCUT2D eigenvalue weighted by molar-refractivity contribution is 5.94. The maximum atomic E-state index is 12.6. The molecule has 0 aromatic heterocycles. The van der Waals surface area contributed by atoms with E-state index in [1.165, 1.54) is 5.56 Å². The molecule has 0 radical (unpaired) electrons. The third-order valence-electron chi connectivity index (χ3n) is 4.87. The predicted octanol–water partition coefficient (Wildman–Crippen LogP) is 1.51. The zero-order valence-electron chi connectivity index (χ0n) is 14.5. The summed E-state index contributed by atoms with van der Waals surface area (Å²) in [5, 5.41) is 0. The molecule has 2 saturated heterocycles. The highest BCUT2D eigenvalue weighted by Gasteiger charge is 2.28. The van der Waals surface area contributed by atoms with Gasteiger partial charge in [-0.15, -0.1) is 0 Å². The van der Waals surface area contributed by atoms with Crippen molar-refractivity contribution in [2.24, 2.45) is 0 Å². The number of ether oxygens (including phenoxy) is 1. The van der Waals surface area contributed by atoms with Gasteiger partial charge in [-0.1, -0.05) is 6.07 Å². The van der Waals surface area contributed by atoms with E-state index in [1.807, 2.05) is 46.7 Å². The van der Waals surface area contributed by atoms with E-state index in [0.717, 1.165) is 11.1 Å². The van der Waals surface area contributed by atoms with Crippen molar-refractivity contribution >= 4 is 11.9 Å². The van der Waals surface area contributed by atoms with Crippen LogP contribution in [0.5, 0.6) is 0 Å².